The summed E-state index contributed by atoms with van der Waals surface area (Å²) >= 11 is 0. The van der Waals surface area contributed by atoms with Gasteiger partial charge >= 0.3 is 12.0 Å². The molecule has 138 valence electrons. The Kier molecular flexibility index (Phi) is 6.64. The maximum absolute atomic E-state index is 12.1. The number of carbonyl (C=O) groups excluding carboxylic acids is 1. The first-order chi connectivity index (χ1) is 12.0. The molecule has 0 atom stereocenters. The Morgan fingerprint density at radius 1 is 1.32 bits per heavy atom. The lowest BCUT2D eigenvalue weighted by Crippen LogP contribution is -2.55. The molecule has 1 aromatic carbocycles. The van der Waals surface area contributed by atoms with Gasteiger partial charge in [-0.1, -0.05) is 19.9 Å². The third-order valence-corrected chi connectivity index (χ3v) is 4.64. The average molecular weight is 349 g/mol. The Morgan fingerprint density at radius 2 is 2.04 bits per heavy atom. The van der Waals surface area contributed by atoms with E-state index in [-0.39, 0.29) is 24.7 Å². The summed E-state index contributed by atoms with van der Waals surface area (Å²) in [6, 6.07) is 5.65. The zero-order chi connectivity index (χ0) is 18.4. The molecule has 0 radical (unpaired) electrons. The van der Waals surface area contributed by atoms with Gasteiger partial charge in [0.1, 0.15) is 5.75 Å². The molecular formula is C18H27N3O4. The lowest BCUT2D eigenvalue weighted by molar-refractivity contribution is -0.139. The van der Waals surface area contributed by atoms with Gasteiger partial charge < -0.3 is 20.5 Å². The smallest absolute Gasteiger partial charge is 0.319 e. The highest BCUT2D eigenvalue weighted by molar-refractivity contribution is 5.89. The Labute approximate surface area is 148 Å². The topological polar surface area (TPSA) is 90.9 Å². The molecule has 1 aromatic rings. The summed E-state index contributed by atoms with van der Waals surface area (Å²) in [5.74, 6) is -0.0586. The summed E-state index contributed by atoms with van der Waals surface area (Å²) in [6.07, 6.45) is 2.41. The number of aryl methyl sites for hydroxylation is 1. The predicted octanol–water partition coefficient (Wildman–Crippen LogP) is 2.32. The van der Waals surface area contributed by atoms with Gasteiger partial charge in [-0.3, -0.25) is 9.69 Å². The maximum atomic E-state index is 12.1. The minimum Gasteiger partial charge on any atom is -0.496 e. The molecule has 2 rings (SSSR count). The number of hydrogen-bond donors (Lipinski definition) is 3. The molecule has 1 saturated carbocycles. The number of carboxylic acid groups (broad SMARTS) is 1. The number of hydrogen-bond acceptors (Lipinski definition) is 4. The second-order valence-electron chi connectivity index (χ2n) is 6.26. The van der Waals surface area contributed by atoms with Crippen molar-refractivity contribution in [2.24, 2.45) is 0 Å². The fourth-order valence-corrected chi connectivity index (χ4v) is 3.14. The van der Waals surface area contributed by atoms with E-state index in [9.17, 15) is 9.59 Å². The second-order valence-corrected chi connectivity index (χ2v) is 6.26. The number of urea groups is 1. The summed E-state index contributed by atoms with van der Waals surface area (Å²) in [5, 5.41) is 14.7. The number of ether oxygens (including phenoxy) is 1. The minimum absolute atomic E-state index is 0.0453. The van der Waals surface area contributed by atoms with Crippen LogP contribution >= 0.6 is 0 Å². The van der Waals surface area contributed by atoms with Gasteiger partial charge in [0.2, 0.25) is 0 Å². The van der Waals surface area contributed by atoms with E-state index in [1.165, 1.54) is 0 Å². The molecule has 1 aliphatic rings. The van der Waals surface area contributed by atoms with Crippen molar-refractivity contribution in [1.82, 2.24) is 10.2 Å². The Morgan fingerprint density at radius 3 is 2.60 bits per heavy atom. The van der Waals surface area contributed by atoms with E-state index in [1.807, 2.05) is 30.0 Å². The Bertz CT molecular complexity index is 614. The van der Waals surface area contributed by atoms with Crippen LogP contribution in [0.2, 0.25) is 0 Å². The van der Waals surface area contributed by atoms with Crippen LogP contribution in [0, 0.1) is 0 Å². The molecule has 25 heavy (non-hydrogen) atoms. The third kappa shape index (κ3) is 5.09. The second kappa shape index (κ2) is 8.71. The van der Waals surface area contributed by atoms with E-state index in [4.69, 9.17) is 9.84 Å². The molecular weight excluding hydrogens is 322 g/mol. The van der Waals surface area contributed by atoms with Crippen LogP contribution in [0.1, 0.15) is 32.3 Å². The molecule has 0 aliphatic heterocycles. The highest BCUT2D eigenvalue weighted by Crippen LogP contribution is 2.26. The van der Waals surface area contributed by atoms with Gasteiger partial charge in [-0.05, 0) is 37.4 Å². The predicted molar refractivity (Wildman–Crippen MR) is 96.2 cm³/mol. The SMILES string of the molecule is CCc1ccc(NC(=O)NC2CC(N(CC)CC(=O)O)C2)cc1OC. The number of carboxylic acids is 1. The molecule has 0 saturated heterocycles. The molecule has 3 N–H and O–H groups in total. The first-order valence-corrected chi connectivity index (χ1v) is 8.67. The maximum Gasteiger partial charge on any atom is 0.319 e. The van der Waals surface area contributed by atoms with Gasteiger partial charge in [0.25, 0.3) is 0 Å². The van der Waals surface area contributed by atoms with Gasteiger partial charge in [0, 0.05) is 23.8 Å². The normalized spacial score (nSPS) is 19.2. The zero-order valence-corrected chi connectivity index (χ0v) is 15.0. The highest BCUT2D eigenvalue weighted by Gasteiger charge is 2.34. The molecule has 0 aromatic heterocycles. The van der Waals surface area contributed by atoms with Crippen LogP contribution in [0.5, 0.6) is 5.75 Å². The van der Waals surface area contributed by atoms with Gasteiger partial charge in [-0.25, -0.2) is 4.79 Å². The van der Waals surface area contributed by atoms with E-state index < -0.39 is 5.97 Å². The van der Waals surface area contributed by atoms with E-state index in [0.717, 1.165) is 30.6 Å². The van der Waals surface area contributed by atoms with Gasteiger partial charge in [0.15, 0.2) is 0 Å². The number of benzene rings is 1. The van der Waals surface area contributed by atoms with E-state index in [2.05, 4.69) is 17.6 Å². The number of carbonyl (C=O) groups is 2. The van der Waals surface area contributed by atoms with Crippen molar-refractivity contribution >= 4 is 17.7 Å². The number of amides is 2. The lowest BCUT2D eigenvalue weighted by Gasteiger charge is -2.42. The van der Waals surface area contributed by atoms with Crippen LogP contribution in [0.4, 0.5) is 10.5 Å². The first-order valence-electron chi connectivity index (χ1n) is 8.67. The fraction of sp³-hybridized carbons (Fsp3) is 0.556. The van der Waals surface area contributed by atoms with E-state index in [0.29, 0.717) is 12.2 Å². The first kappa shape index (κ1) is 19.1. The molecule has 7 heteroatoms. The standard InChI is InChI=1S/C18H27N3O4/c1-4-12-6-7-13(10-16(12)25-3)19-18(24)20-14-8-15(9-14)21(5-2)11-17(22)23/h6-7,10,14-15H,4-5,8-9,11H2,1-3H3,(H,22,23)(H2,19,20,24). The number of anilines is 1. The lowest BCUT2D eigenvalue weighted by atomic mass is 9.85. The minimum atomic E-state index is -0.819. The Balaban J connectivity index is 1.81. The summed E-state index contributed by atoms with van der Waals surface area (Å²) in [6.45, 7) is 4.74. The molecule has 0 spiro atoms. The summed E-state index contributed by atoms with van der Waals surface area (Å²) < 4.78 is 5.33. The summed E-state index contributed by atoms with van der Waals surface area (Å²) in [5.41, 5.74) is 1.77. The number of nitrogens with one attached hydrogen (secondary N) is 2. The molecule has 0 heterocycles. The number of likely N-dealkylation sites (N-methyl/N-ethyl adjacent to an activating group) is 1. The van der Waals surface area contributed by atoms with Gasteiger partial charge in [-0.15, -0.1) is 0 Å². The molecule has 0 unspecified atom stereocenters. The largest absolute Gasteiger partial charge is 0.496 e. The van der Waals surface area contributed by atoms with Crippen LogP contribution in [0.25, 0.3) is 0 Å². The Hall–Kier alpha value is -2.28. The van der Waals surface area contributed by atoms with Crippen molar-refractivity contribution in [2.45, 2.75) is 45.2 Å². The van der Waals surface area contributed by atoms with Crippen molar-refractivity contribution in [3.63, 3.8) is 0 Å². The summed E-state index contributed by atoms with van der Waals surface area (Å²) in [4.78, 5) is 24.9. The molecule has 7 nitrogen and oxygen atoms in total. The fourth-order valence-electron chi connectivity index (χ4n) is 3.14. The molecule has 2 amide bonds. The van der Waals surface area contributed by atoms with Crippen molar-refractivity contribution in [3.05, 3.63) is 23.8 Å². The highest BCUT2D eigenvalue weighted by atomic mass is 16.5. The monoisotopic (exact) mass is 349 g/mol. The van der Waals surface area contributed by atoms with Crippen molar-refractivity contribution in [2.75, 3.05) is 25.5 Å². The van der Waals surface area contributed by atoms with E-state index in [1.54, 1.807) is 7.11 Å². The molecule has 1 aliphatic carbocycles. The molecule has 0 bridgehead atoms. The number of methoxy groups -OCH3 is 1. The van der Waals surface area contributed by atoms with Crippen molar-refractivity contribution < 1.29 is 19.4 Å². The van der Waals surface area contributed by atoms with Gasteiger partial charge in [-0.2, -0.15) is 0 Å². The zero-order valence-electron chi connectivity index (χ0n) is 15.0. The summed E-state index contributed by atoms with van der Waals surface area (Å²) in [7, 11) is 1.61. The van der Waals surface area contributed by atoms with Crippen LogP contribution in [0.3, 0.4) is 0 Å². The number of rotatable bonds is 8. The van der Waals surface area contributed by atoms with Crippen molar-refractivity contribution in [1.29, 1.82) is 0 Å². The van der Waals surface area contributed by atoms with Crippen molar-refractivity contribution in [3.8, 4) is 5.75 Å². The van der Waals surface area contributed by atoms with E-state index >= 15 is 0 Å². The van der Waals surface area contributed by atoms with Crippen LogP contribution < -0.4 is 15.4 Å². The number of aliphatic carboxylic acids is 1. The number of nitrogens with zero attached hydrogens (tertiary/aromatic N) is 1. The molecule has 1 fully saturated rings. The third-order valence-electron chi connectivity index (χ3n) is 4.64. The van der Waals surface area contributed by atoms with Crippen LogP contribution in [0.15, 0.2) is 18.2 Å². The average Bonchev–Trinajstić information content (AvgIpc) is 2.55. The quantitative estimate of drug-likeness (QED) is 0.670. The van der Waals surface area contributed by atoms with Crippen LogP contribution in [-0.2, 0) is 11.2 Å². The van der Waals surface area contributed by atoms with Gasteiger partial charge in [0.05, 0.1) is 13.7 Å². The van der Waals surface area contributed by atoms with Crippen LogP contribution in [-0.4, -0.2) is 54.3 Å².